The highest BCUT2D eigenvalue weighted by Gasteiger charge is 2.16. The SMILES string of the molecule is CCC(CC)CNc1cccc(C)c1[N+](=O)[O-]. The first-order chi connectivity index (χ1) is 8.10. The van der Waals surface area contributed by atoms with Crippen LogP contribution in [-0.2, 0) is 0 Å². The Kier molecular flexibility index (Phi) is 4.94. The van der Waals surface area contributed by atoms with E-state index in [0.29, 0.717) is 17.2 Å². The Morgan fingerprint density at radius 3 is 2.53 bits per heavy atom. The predicted molar refractivity (Wildman–Crippen MR) is 70.4 cm³/mol. The first-order valence-electron chi connectivity index (χ1n) is 6.08. The fourth-order valence-electron chi connectivity index (χ4n) is 1.88. The van der Waals surface area contributed by atoms with E-state index in [4.69, 9.17) is 0 Å². The third-order valence-corrected chi connectivity index (χ3v) is 3.16. The summed E-state index contributed by atoms with van der Waals surface area (Å²) in [5, 5.41) is 14.2. The molecule has 0 heterocycles. The van der Waals surface area contributed by atoms with E-state index in [2.05, 4.69) is 19.2 Å². The predicted octanol–water partition coefficient (Wildman–Crippen LogP) is 3.75. The van der Waals surface area contributed by atoms with Crippen LogP contribution < -0.4 is 5.32 Å². The van der Waals surface area contributed by atoms with Gasteiger partial charge in [0, 0.05) is 12.1 Å². The summed E-state index contributed by atoms with van der Waals surface area (Å²) >= 11 is 0. The van der Waals surface area contributed by atoms with Gasteiger partial charge in [0.05, 0.1) is 4.92 Å². The topological polar surface area (TPSA) is 55.2 Å². The first-order valence-corrected chi connectivity index (χ1v) is 6.08. The highest BCUT2D eigenvalue weighted by molar-refractivity contribution is 5.64. The lowest BCUT2D eigenvalue weighted by Gasteiger charge is -2.14. The van der Waals surface area contributed by atoms with Crippen LogP contribution in [0.2, 0.25) is 0 Å². The van der Waals surface area contributed by atoms with Crippen molar-refractivity contribution in [1.29, 1.82) is 0 Å². The minimum Gasteiger partial charge on any atom is -0.379 e. The van der Waals surface area contributed by atoms with E-state index in [9.17, 15) is 10.1 Å². The molecule has 1 aromatic carbocycles. The zero-order chi connectivity index (χ0) is 12.8. The van der Waals surface area contributed by atoms with Crippen LogP contribution in [0.3, 0.4) is 0 Å². The first kappa shape index (κ1) is 13.5. The van der Waals surface area contributed by atoms with Gasteiger partial charge in [0.1, 0.15) is 5.69 Å². The molecule has 0 aromatic heterocycles. The lowest BCUT2D eigenvalue weighted by molar-refractivity contribution is -0.384. The monoisotopic (exact) mass is 236 g/mol. The van der Waals surface area contributed by atoms with E-state index >= 15 is 0 Å². The number of anilines is 1. The Bertz CT molecular complexity index is 387. The molecule has 0 fully saturated rings. The maximum absolute atomic E-state index is 11.0. The maximum Gasteiger partial charge on any atom is 0.295 e. The van der Waals surface area contributed by atoms with E-state index in [1.807, 2.05) is 6.07 Å². The lowest BCUT2D eigenvalue weighted by Crippen LogP contribution is -2.13. The summed E-state index contributed by atoms with van der Waals surface area (Å²) in [7, 11) is 0. The summed E-state index contributed by atoms with van der Waals surface area (Å²) in [4.78, 5) is 10.7. The molecule has 0 aliphatic carbocycles. The van der Waals surface area contributed by atoms with Crippen molar-refractivity contribution < 1.29 is 4.92 Å². The van der Waals surface area contributed by atoms with E-state index in [1.165, 1.54) is 0 Å². The van der Waals surface area contributed by atoms with Crippen molar-refractivity contribution in [2.45, 2.75) is 33.6 Å². The number of aryl methyl sites for hydroxylation is 1. The van der Waals surface area contributed by atoms with Crippen LogP contribution in [0.4, 0.5) is 11.4 Å². The quantitative estimate of drug-likeness (QED) is 0.604. The smallest absolute Gasteiger partial charge is 0.295 e. The Balaban J connectivity index is 2.84. The van der Waals surface area contributed by atoms with Crippen molar-refractivity contribution in [3.8, 4) is 0 Å². The van der Waals surface area contributed by atoms with Crippen molar-refractivity contribution in [3.05, 3.63) is 33.9 Å². The normalized spacial score (nSPS) is 10.6. The number of nitrogens with zero attached hydrogens (tertiary/aromatic N) is 1. The standard InChI is InChI=1S/C13H20N2O2/c1-4-11(5-2)9-14-12-8-6-7-10(3)13(12)15(16)17/h6-8,11,14H,4-5,9H2,1-3H3. The van der Waals surface area contributed by atoms with Gasteiger partial charge in [0.15, 0.2) is 0 Å². The number of hydrogen-bond donors (Lipinski definition) is 1. The molecule has 0 saturated heterocycles. The summed E-state index contributed by atoms with van der Waals surface area (Å²) in [5.74, 6) is 0.565. The van der Waals surface area contributed by atoms with Gasteiger partial charge in [-0.05, 0) is 18.9 Å². The molecule has 0 saturated carbocycles. The Morgan fingerprint density at radius 1 is 1.35 bits per heavy atom. The molecule has 17 heavy (non-hydrogen) atoms. The molecule has 4 nitrogen and oxygen atoms in total. The third kappa shape index (κ3) is 3.44. The molecule has 1 aromatic rings. The van der Waals surface area contributed by atoms with Gasteiger partial charge in [0.25, 0.3) is 5.69 Å². The Hall–Kier alpha value is -1.58. The number of rotatable bonds is 6. The van der Waals surface area contributed by atoms with E-state index in [1.54, 1.807) is 19.1 Å². The van der Waals surface area contributed by atoms with Crippen molar-refractivity contribution in [2.24, 2.45) is 5.92 Å². The van der Waals surface area contributed by atoms with Crippen LogP contribution in [-0.4, -0.2) is 11.5 Å². The second-order valence-corrected chi connectivity index (χ2v) is 4.29. The fraction of sp³-hybridized carbons (Fsp3) is 0.538. The molecule has 0 spiro atoms. The highest BCUT2D eigenvalue weighted by atomic mass is 16.6. The van der Waals surface area contributed by atoms with Gasteiger partial charge in [-0.2, -0.15) is 0 Å². The average molecular weight is 236 g/mol. The molecule has 4 heteroatoms. The number of para-hydroxylation sites is 1. The number of nitro benzene ring substituents is 1. The zero-order valence-electron chi connectivity index (χ0n) is 10.7. The lowest BCUT2D eigenvalue weighted by atomic mass is 10.0. The number of hydrogen-bond acceptors (Lipinski definition) is 3. The van der Waals surface area contributed by atoms with Crippen LogP contribution >= 0.6 is 0 Å². The van der Waals surface area contributed by atoms with Gasteiger partial charge in [-0.25, -0.2) is 0 Å². The summed E-state index contributed by atoms with van der Waals surface area (Å²) < 4.78 is 0. The van der Waals surface area contributed by atoms with Crippen LogP contribution in [0.5, 0.6) is 0 Å². The van der Waals surface area contributed by atoms with E-state index in [0.717, 1.165) is 19.4 Å². The fourth-order valence-corrected chi connectivity index (χ4v) is 1.88. The molecule has 0 bridgehead atoms. The van der Waals surface area contributed by atoms with Gasteiger partial charge in [0.2, 0.25) is 0 Å². The third-order valence-electron chi connectivity index (χ3n) is 3.16. The number of nitrogens with one attached hydrogen (secondary N) is 1. The molecular formula is C13H20N2O2. The van der Waals surface area contributed by atoms with Gasteiger partial charge >= 0.3 is 0 Å². The number of nitro groups is 1. The zero-order valence-corrected chi connectivity index (χ0v) is 10.7. The van der Waals surface area contributed by atoms with Gasteiger partial charge in [-0.3, -0.25) is 10.1 Å². The van der Waals surface area contributed by atoms with Gasteiger partial charge in [-0.1, -0.05) is 38.8 Å². The van der Waals surface area contributed by atoms with Crippen molar-refractivity contribution in [2.75, 3.05) is 11.9 Å². The van der Waals surface area contributed by atoms with Crippen LogP contribution in [0, 0.1) is 23.0 Å². The summed E-state index contributed by atoms with van der Waals surface area (Å²) in [6.07, 6.45) is 2.17. The van der Waals surface area contributed by atoms with Crippen LogP contribution in [0.25, 0.3) is 0 Å². The van der Waals surface area contributed by atoms with Crippen LogP contribution in [0.1, 0.15) is 32.3 Å². The molecule has 1 rings (SSSR count). The van der Waals surface area contributed by atoms with Gasteiger partial charge < -0.3 is 5.32 Å². The molecular weight excluding hydrogens is 216 g/mol. The maximum atomic E-state index is 11.0. The molecule has 0 aliphatic rings. The highest BCUT2D eigenvalue weighted by Crippen LogP contribution is 2.28. The molecule has 1 N–H and O–H groups in total. The molecule has 0 aliphatic heterocycles. The van der Waals surface area contributed by atoms with Crippen molar-refractivity contribution >= 4 is 11.4 Å². The van der Waals surface area contributed by atoms with Crippen molar-refractivity contribution in [1.82, 2.24) is 0 Å². The summed E-state index contributed by atoms with van der Waals surface area (Å²) in [6, 6.07) is 5.38. The Morgan fingerprint density at radius 2 is 2.00 bits per heavy atom. The number of benzene rings is 1. The average Bonchev–Trinajstić information content (AvgIpc) is 2.29. The largest absolute Gasteiger partial charge is 0.379 e. The molecule has 0 radical (unpaired) electrons. The molecule has 0 atom stereocenters. The van der Waals surface area contributed by atoms with Crippen LogP contribution in [0.15, 0.2) is 18.2 Å². The second kappa shape index (κ2) is 6.23. The minimum atomic E-state index is -0.315. The second-order valence-electron chi connectivity index (χ2n) is 4.29. The molecule has 94 valence electrons. The van der Waals surface area contributed by atoms with E-state index in [-0.39, 0.29) is 10.6 Å². The Labute approximate surface area is 102 Å². The van der Waals surface area contributed by atoms with Gasteiger partial charge in [-0.15, -0.1) is 0 Å². The summed E-state index contributed by atoms with van der Waals surface area (Å²) in [6.45, 7) is 6.83. The molecule has 0 unspecified atom stereocenters. The van der Waals surface area contributed by atoms with E-state index < -0.39 is 0 Å². The summed E-state index contributed by atoms with van der Waals surface area (Å²) in [5.41, 5.74) is 1.52. The molecule has 0 amide bonds. The minimum absolute atomic E-state index is 0.193. The van der Waals surface area contributed by atoms with Crippen molar-refractivity contribution in [3.63, 3.8) is 0 Å².